The maximum atomic E-state index is 13.0. The van der Waals surface area contributed by atoms with Crippen LogP contribution in [0.2, 0.25) is 5.02 Å². The molecule has 2 aromatic rings. The van der Waals surface area contributed by atoms with Crippen molar-refractivity contribution < 1.29 is 14.3 Å². The summed E-state index contributed by atoms with van der Waals surface area (Å²) in [6.45, 7) is -0.00959. The fourth-order valence-corrected chi connectivity index (χ4v) is 2.45. The maximum absolute atomic E-state index is 13.0. The largest absolute Gasteiger partial charge is 0.392 e. The molecule has 0 heterocycles. The van der Waals surface area contributed by atoms with Gasteiger partial charge in [-0.15, -0.1) is 0 Å². The van der Waals surface area contributed by atoms with Crippen LogP contribution in [0.15, 0.2) is 40.9 Å². The molecule has 0 unspecified atom stereocenters. The third-order valence-electron chi connectivity index (χ3n) is 2.92. The van der Waals surface area contributed by atoms with E-state index >= 15 is 0 Å². The summed E-state index contributed by atoms with van der Waals surface area (Å²) < 4.78 is 13.8. The molecule has 21 heavy (non-hydrogen) atoms. The van der Waals surface area contributed by atoms with Crippen molar-refractivity contribution in [1.82, 2.24) is 5.32 Å². The molecule has 0 bridgehead atoms. The molecule has 1 amide bonds. The molecule has 3 nitrogen and oxygen atoms in total. The van der Waals surface area contributed by atoms with E-state index in [1.54, 1.807) is 24.3 Å². The maximum Gasteiger partial charge on any atom is 0.251 e. The standard InChI is InChI=1S/C15H12BrClFNO2/c16-11-2-3-12(10(6-11)8-20)15(21)19-7-9-1-4-14(18)13(17)5-9/h1-6,20H,7-8H2,(H,19,21). The molecular formula is C15H12BrClFNO2. The summed E-state index contributed by atoms with van der Waals surface area (Å²) >= 11 is 8.97. The molecule has 0 aliphatic carbocycles. The Labute approximate surface area is 134 Å². The van der Waals surface area contributed by atoms with Gasteiger partial charge in [0, 0.05) is 16.6 Å². The monoisotopic (exact) mass is 371 g/mol. The molecule has 0 aromatic heterocycles. The minimum Gasteiger partial charge on any atom is -0.392 e. The highest BCUT2D eigenvalue weighted by atomic mass is 79.9. The van der Waals surface area contributed by atoms with Gasteiger partial charge in [0.25, 0.3) is 5.91 Å². The van der Waals surface area contributed by atoms with Gasteiger partial charge in [-0.25, -0.2) is 4.39 Å². The normalized spacial score (nSPS) is 10.5. The van der Waals surface area contributed by atoms with E-state index in [1.807, 2.05) is 0 Å². The minimum absolute atomic E-state index is 0.0152. The summed E-state index contributed by atoms with van der Waals surface area (Å²) in [4.78, 5) is 12.1. The van der Waals surface area contributed by atoms with E-state index < -0.39 is 5.82 Å². The van der Waals surface area contributed by atoms with E-state index in [2.05, 4.69) is 21.2 Å². The molecule has 0 radical (unpaired) electrons. The predicted molar refractivity (Wildman–Crippen MR) is 82.6 cm³/mol. The zero-order chi connectivity index (χ0) is 15.4. The van der Waals surface area contributed by atoms with E-state index in [0.717, 1.165) is 4.47 Å². The molecule has 2 aromatic carbocycles. The van der Waals surface area contributed by atoms with Crippen molar-refractivity contribution in [3.8, 4) is 0 Å². The molecular weight excluding hydrogens is 361 g/mol. The van der Waals surface area contributed by atoms with Crippen LogP contribution in [0.4, 0.5) is 4.39 Å². The zero-order valence-corrected chi connectivity index (χ0v) is 13.2. The van der Waals surface area contributed by atoms with E-state index in [0.29, 0.717) is 16.7 Å². The Morgan fingerprint density at radius 2 is 2.05 bits per heavy atom. The molecule has 0 aliphatic heterocycles. The average molecular weight is 373 g/mol. The van der Waals surface area contributed by atoms with Gasteiger partial charge in [0.05, 0.1) is 11.6 Å². The first-order valence-electron chi connectivity index (χ1n) is 6.12. The molecule has 0 atom stereocenters. The number of benzene rings is 2. The molecule has 110 valence electrons. The number of hydrogen-bond donors (Lipinski definition) is 2. The minimum atomic E-state index is -0.498. The number of rotatable bonds is 4. The molecule has 0 spiro atoms. The summed E-state index contributed by atoms with van der Waals surface area (Å²) in [6, 6.07) is 9.31. The van der Waals surface area contributed by atoms with Gasteiger partial charge < -0.3 is 10.4 Å². The van der Waals surface area contributed by atoms with E-state index in [-0.39, 0.29) is 24.1 Å². The number of amides is 1. The fourth-order valence-electron chi connectivity index (χ4n) is 1.84. The summed E-state index contributed by atoms with van der Waals surface area (Å²) in [5.74, 6) is -0.811. The van der Waals surface area contributed by atoms with Crippen molar-refractivity contribution in [1.29, 1.82) is 0 Å². The van der Waals surface area contributed by atoms with E-state index in [9.17, 15) is 14.3 Å². The van der Waals surface area contributed by atoms with Gasteiger partial charge >= 0.3 is 0 Å². The third kappa shape index (κ3) is 4.03. The number of nitrogens with one attached hydrogen (secondary N) is 1. The summed E-state index contributed by atoms with van der Waals surface area (Å²) in [5.41, 5.74) is 1.62. The quantitative estimate of drug-likeness (QED) is 0.860. The van der Waals surface area contributed by atoms with Gasteiger partial charge in [0.2, 0.25) is 0 Å². The van der Waals surface area contributed by atoms with Gasteiger partial charge in [-0.3, -0.25) is 4.79 Å². The molecule has 2 rings (SSSR count). The van der Waals surface area contributed by atoms with Crippen LogP contribution in [0.1, 0.15) is 21.5 Å². The second-order valence-electron chi connectivity index (χ2n) is 4.39. The average Bonchev–Trinajstić information content (AvgIpc) is 2.48. The lowest BCUT2D eigenvalue weighted by Crippen LogP contribution is -2.24. The Bertz CT molecular complexity index is 679. The van der Waals surface area contributed by atoms with Gasteiger partial charge in [0.1, 0.15) is 5.82 Å². The lowest BCUT2D eigenvalue weighted by molar-refractivity contribution is 0.0948. The number of carbonyl (C=O) groups excluding carboxylic acids is 1. The van der Waals surface area contributed by atoms with Crippen LogP contribution in [0.5, 0.6) is 0 Å². The highest BCUT2D eigenvalue weighted by Crippen LogP contribution is 2.18. The molecule has 0 saturated carbocycles. The van der Waals surface area contributed by atoms with Crippen molar-refractivity contribution in [2.45, 2.75) is 13.2 Å². The van der Waals surface area contributed by atoms with Gasteiger partial charge in [-0.1, -0.05) is 33.6 Å². The Morgan fingerprint density at radius 3 is 2.71 bits per heavy atom. The lowest BCUT2D eigenvalue weighted by atomic mass is 10.1. The van der Waals surface area contributed by atoms with Crippen molar-refractivity contribution in [2.75, 3.05) is 0 Å². The molecule has 6 heteroatoms. The van der Waals surface area contributed by atoms with Crippen LogP contribution in [-0.2, 0) is 13.2 Å². The Morgan fingerprint density at radius 1 is 1.29 bits per heavy atom. The van der Waals surface area contributed by atoms with E-state index in [4.69, 9.17) is 11.6 Å². The molecule has 0 fully saturated rings. The number of halogens is 3. The van der Waals surface area contributed by atoms with Crippen molar-refractivity contribution in [3.63, 3.8) is 0 Å². The number of carbonyl (C=O) groups is 1. The van der Waals surface area contributed by atoms with Crippen molar-refractivity contribution in [3.05, 3.63) is 68.4 Å². The van der Waals surface area contributed by atoms with Crippen LogP contribution < -0.4 is 5.32 Å². The second kappa shape index (κ2) is 7.02. The molecule has 0 aliphatic rings. The highest BCUT2D eigenvalue weighted by Gasteiger charge is 2.11. The fraction of sp³-hybridized carbons (Fsp3) is 0.133. The Hall–Kier alpha value is -1.43. The zero-order valence-electron chi connectivity index (χ0n) is 10.9. The third-order valence-corrected chi connectivity index (χ3v) is 3.70. The number of aliphatic hydroxyl groups excluding tert-OH is 1. The van der Waals surface area contributed by atoms with Crippen LogP contribution in [0.3, 0.4) is 0 Å². The van der Waals surface area contributed by atoms with Crippen LogP contribution in [-0.4, -0.2) is 11.0 Å². The van der Waals surface area contributed by atoms with E-state index in [1.165, 1.54) is 12.1 Å². The molecule has 0 saturated heterocycles. The second-order valence-corrected chi connectivity index (χ2v) is 5.71. The molecule has 2 N–H and O–H groups in total. The Kier molecular flexibility index (Phi) is 5.33. The van der Waals surface area contributed by atoms with Crippen LogP contribution in [0.25, 0.3) is 0 Å². The predicted octanol–water partition coefficient (Wildman–Crippen LogP) is 3.66. The SMILES string of the molecule is O=C(NCc1ccc(F)c(Cl)c1)c1ccc(Br)cc1CO. The summed E-state index contributed by atoms with van der Waals surface area (Å²) in [5, 5.41) is 12.0. The highest BCUT2D eigenvalue weighted by molar-refractivity contribution is 9.10. The number of aliphatic hydroxyl groups is 1. The Balaban J connectivity index is 2.09. The van der Waals surface area contributed by atoms with Crippen LogP contribution in [0, 0.1) is 5.82 Å². The van der Waals surface area contributed by atoms with Crippen molar-refractivity contribution >= 4 is 33.4 Å². The first-order valence-corrected chi connectivity index (χ1v) is 7.29. The van der Waals surface area contributed by atoms with Crippen LogP contribution >= 0.6 is 27.5 Å². The van der Waals surface area contributed by atoms with Gasteiger partial charge in [-0.05, 0) is 41.5 Å². The van der Waals surface area contributed by atoms with Crippen molar-refractivity contribution in [2.24, 2.45) is 0 Å². The number of hydrogen-bond acceptors (Lipinski definition) is 2. The smallest absolute Gasteiger partial charge is 0.251 e. The summed E-state index contributed by atoms with van der Waals surface area (Å²) in [7, 11) is 0. The first-order chi connectivity index (χ1) is 10.0. The first kappa shape index (κ1) is 15.9. The van der Waals surface area contributed by atoms with Gasteiger partial charge in [0.15, 0.2) is 0 Å². The lowest BCUT2D eigenvalue weighted by Gasteiger charge is -2.09. The summed E-state index contributed by atoms with van der Waals surface area (Å²) in [6.07, 6.45) is 0. The van der Waals surface area contributed by atoms with Gasteiger partial charge in [-0.2, -0.15) is 0 Å². The topological polar surface area (TPSA) is 49.3 Å².